The van der Waals surface area contributed by atoms with Crippen LogP contribution in [-0.4, -0.2) is 28.6 Å². The number of hydrogen-bond donors (Lipinski definition) is 0. The SMILES string of the molecule is CCCCOc1ccc(/C=C2/SC(=Nc3ccc(C)cc3)N(C(C)C)C2=O)c2ccccc12. The topological polar surface area (TPSA) is 41.9 Å². The number of unbranched alkanes of at least 4 members (excludes halogenated alkanes) is 1. The predicted octanol–water partition coefficient (Wildman–Crippen LogP) is 7.34. The highest BCUT2D eigenvalue weighted by Crippen LogP contribution is 2.37. The number of ether oxygens (including phenoxy) is 1. The molecule has 0 N–H and O–H groups in total. The van der Waals surface area contributed by atoms with Gasteiger partial charge >= 0.3 is 0 Å². The molecular weight excluding hydrogens is 428 g/mol. The number of carbonyl (C=O) groups excluding carboxylic acids is 1. The van der Waals surface area contributed by atoms with Gasteiger partial charge in [-0.05, 0) is 74.2 Å². The average Bonchev–Trinajstić information content (AvgIpc) is 3.11. The van der Waals surface area contributed by atoms with Crippen molar-refractivity contribution in [3.63, 3.8) is 0 Å². The van der Waals surface area contributed by atoms with Crippen LogP contribution in [0.15, 0.2) is 70.6 Å². The molecule has 0 saturated carbocycles. The zero-order valence-corrected chi connectivity index (χ0v) is 20.5. The summed E-state index contributed by atoms with van der Waals surface area (Å²) in [4.78, 5) is 20.6. The highest BCUT2D eigenvalue weighted by Gasteiger charge is 2.35. The van der Waals surface area contributed by atoms with E-state index in [0.717, 1.165) is 40.6 Å². The largest absolute Gasteiger partial charge is 0.493 e. The average molecular weight is 459 g/mol. The minimum Gasteiger partial charge on any atom is -0.493 e. The summed E-state index contributed by atoms with van der Waals surface area (Å²) in [5.74, 6) is 0.880. The van der Waals surface area contributed by atoms with Gasteiger partial charge in [0.2, 0.25) is 0 Å². The van der Waals surface area contributed by atoms with Gasteiger partial charge in [-0.15, -0.1) is 0 Å². The van der Waals surface area contributed by atoms with Gasteiger partial charge in [0.05, 0.1) is 17.2 Å². The molecule has 3 aromatic rings. The number of carbonyl (C=O) groups is 1. The molecule has 0 bridgehead atoms. The van der Waals surface area contributed by atoms with Crippen molar-refractivity contribution >= 4 is 45.4 Å². The van der Waals surface area contributed by atoms with Gasteiger partial charge in [0, 0.05) is 11.4 Å². The third-order valence-corrected chi connectivity index (χ3v) is 6.55. The lowest BCUT2D eigenvalue weighted by Crippen LogP contribution is -2.35. The fourth-order valence-corrected chi connectivity index (χ4v) is 4.88. The van der Waals surface area contributed by atoms with Crippen molar-refractivity contribution in [2.24, 2.45) is 4.99 Å². The van der Waals surface area contributed by atoms with Gasteiger partial charge in [0.15, 0.2) is 5.17 Å². The van der Waals surface area contributed by atoms with E-state index in [0.29, 0.717) is 16.7 Å². The number of amides is 1. The van der Waals surface area contributed by atoms with E-state index in [-0.39, 0.29) is 11.9 Å². The van der Waals surface area contributed by atoms with Crippen molar-refractivity contribution in [2.75, 3.05) is 6.61 Å². The minimum absolute atomic E-state index is 0.00628. The van der Waals surface area contributed by atoms with Crippen LogP contribution in [-0.2, 0) is 4.79 Å². The van der Waals surface area contributed by atoms with Crippen molar-refractivity contribution in [1.29, 1.82) is 0 Å². The van der Waals surface area contributed by atoms with E-state index in [1.807, 2.05) is 68.5 Å². The summed E-state index contributed by atoms with van der Waals surface area (Å²) in [7, 11) is 0. The van der Waals surface area contributed by atoms with Crippen molar-refractivity contribution in [1.82, 2.24) is 4.90 Å². The standard InChI is InChI=1S/C28H30N2O2S/c1-5-6-17-32-25-16-13-21(23-9-7-8-10-24(23)25)18-26-27(31)30(19(2)3)28(33-26)29-22-14-11-20(4)12-15-22/h7-16,18-19H,5-6,17H2,1-4H3/b26-18+,29-28?. The van der Waals surface area contributed by atoms with E-state index in [1.165, 1.54) is 17.3 Å². The lowest BCUT2D eigenvalue weighted by molar-refractivity contribution is -0.123. The Kier molecular flexibility index (Phi) is 7.19. The Labute approximate surface area is 200 Å². The fourth-order valence-electron chi connectivity index (χ4n) is 3.76. The summed E-state index contributed by atoms with van der Waals surface area (Å²) in [6.07, 6.45) is 4.11. The quantitative estimate of drug-likeness (QED) is 0.275. The molecule has 0 atom stereocenters. The number of nitrogens with zero attached hydrogens (tertiary/aromatic N) is 2. The van der Waals surface area contributed by atoms with Gasteiger partial charge in [-0.2, -0.15) is 0 Å². The fraction of sp³-hybridized carbons (Fsp3) is 0.286. The highest BCUT2D eigenvalue weighted by molar-refractivity contribution is 8.18. The van der Waals surface area contributed by atoms with Crippen LogP contribution >= 0.6 is 11.8 Å². The number of benzene rings is 3. The number of thioether (sulfide) groups is 1. The number of hydrogen-bond acceptors (Lipinski definition) is 4. The van der Waals surface area contributed by atoms with Gasteiger partial charge in [0.25, 0.3) is 5.91 Å². The minimum atomic E-state index is -0.00628. The van der Waals surface area contributed by atoms with E-state index >= 15 is 0 Å². The lowest BCUT2D eigenvalue weighted by Gasteiger charge is -2.19. The van der Waals surface area contributed by atoms with Crippen LogP contribution in [0.3, 0.4) is 0 Å². The summed E-state index contributed by atoms with van der Waals surface area (Å²) >= 11 is 1.43. The van der Waals surface area contributed by atoms with Crippen molar-refractivity contribution < 1.29 is 9.53 Å². The molecule has 1 aliphatic heterocycles. The molecule has 3 aromatic carbocycles. The molecule has 0 radical (unpaired) electrons. The molecule has 1 amide bonds. The second kappa shape index (κ2) is 10.3. The summed E-state index contributed by atoms with van der Waals surface area (Å²) in [5, 5.41) is 2.86. The van der Waals surface area contributed by atoms with E-state index in [9.17, 15) is 4.79 Å². The molecule has 1 saturated heterocycles. The van der Waals surface area contributed by atoms with Crippen LogP contribution in [0.25, 0.3) is 16.8 Å². The molecule has 0 unspecified atom stereocenters. The van der Waals surface area contributed by atoms with Crippen LogP contribution in [0, 0.1) is 6.92 Å². The smallest absolute Gasteiger partial charge is 0.266 e. The predicted molar refractivity (Wildman–Crippen MR) is 140 cm³/mol. The molecule has 0 spiro atoms. The normalized spacial score (nSPS) is 16.5. The number of aliphatic imine (C=N–C) groups is 1. The van der Waals surface area contributed by atoms with E-state index in [1.54, 1.807) is 4.90 Å². The Morgan fingerprint density at radius 3 is 2.45 bits per heavy atom. The van der Waals surface area contributed by atoms with Crippen molar-refractivity contribution in [2.45, 2.75) is 46.6 Å². The molecule has 0 aromatic heterocycles. The second-order valence-corrected chi connectivity index (χ2v) is 9.52. The zero-order chi connectivity index (χ0) is 23.4. The van der Waals surface area contributed by atoms with E-state index < -0.39 is 0 Å². The molecule has 5 heteroatoms. The number of aryl methyl sites for hydroxylation is 1. The first-order chi connectivity index (χ1) is 16.0. The van der Waals surface area contributed by atoms with Gasteiger partial charge in [-0.1, -0.05) is 61.4 Å². The molecule has 1 fully saturated rings. The first kappa shape index (κ1) is 23.1. The summed E-state index contributed by atoms with van der Waals surface area (Å²) < 4.78 is 6.03. The Hall–Kier alpha value is -3.05. The molecule has 33 heavy (non-hydrogen) atoms. The van der Waals surface area contributed by atoms with Crippen LogP contribution in [0.2, 0.25) is 0 Å². The highest BCUT2D eigenvalue weighted by atomic mass is 32.2. The molecule has 1 heterocycles. The first-order valence-corrected chi connectivity index (χ1v) is 12.3. The van der Waals surface area contributed by atoms with E-state index in [2.05, 4.69) is 26.0 Å². The Bertz CT molecular complexity index is 1210. The number of rotatable bonds is 7. The first-order valence-electron chi connectivity index (χ1n) is 11.5. The van der Waals surface area contributed by atoms with Crippen LogP contribution < -0.4 is 4.74 Å². The molecule has 170 valence electrons. The third-order valence-electron chi connectivity index (χ3n) is 5.57. The van der Waals surface area contributed by atoms with Gasteiger partial charge < -0.3 is 4.74 Å². The van der Waals surface area contributed by atoms with Crippen molar-refractivity contribution in [3.05, 3.63) is 76.7 Å². The van der Waals surface area contributed by atoms with Crippen molar-refractivity contribution in [3.8, 4) is 5.75 Å². The van der Waals surface area contributed by atoms with Gasteiger partial charge in [0.1, 0.15) is 5.75 Å². The molecule has 1 aliphatic rings. The van der Waals surface area contributed by atoms with Gasteiger partial charge in [-0.3, -0.25) is 9.69 Å². The monoisotopic (exact) mass is 458 g/mol. The molecule has 4 nitrogen and oxygen atoms in total. The summed E-state index contributed by atoms with van der Waals surface area (Å²) in [6.45, 7) is 8.95. The zero-order valence-electron chi connectivity index (χ0n) is 19.7. The molecule has 4 rings (SSSR count). The summed E-state index contributed by atoms with van der Waals surface area (Å²) in [5.41, 5.74) is 3.04. The van der Waals surface area contributed by atoms with E-state index in [4.69, 9.17) is 9.73 Å². The molecular formula is C28H30N2O2S. The van der Waals surface area contributed by atoms with Crippen LogP contribution in [0.1, 0.15) is 44.7 Å². The van der Waals surface area contributed by atoms with Crippen LogP contribution in [0.4, 0.5) is 5.69 Å². The summed E-state index contributed by atoms with van der Waals surface area (Å²) in [6, 6.07) is 20.3. The number of fused-ring (bicyclic) bond motifs is 1. The van der Waals surface area contributed by atoms with Crippen LogP contribution in [0.5, 0.6) is 5.75 Å². The maximum atomic E-state index is 13.3. The lowest BCUT2D eigenvalue weighted by atomic mass is 10.0. The second-order valence-electron chi connectivity index (χ2n) is 8.51. The third kappa shape index (κ3) is 5.14. The maximum absolute atomic E-state index is 13.3. The maximum Gasteiger partial charge on any atom is 0.266 e. The van der Waals surface area contributed by atoms with Gasteiger partial charge in [-0.25, -0.2) is 4.99 Å². The number of amidine groups is 1. The Morgan fingerprint density at radius 2 is 1.76 bits per heavy atom. The Balaban J connectivity index is 1.70. The Morgan fingerprint density at radius 1 is 1.03 bits per heavy atom. The molecule has 0 aliphatic carbocycles.